The summed E-state index contributed by atoms with van der Waals surface area (Å²) in [5.74, 6) is -0.690. The van der Waals surface area contributed by atoms with E-state index in [1.54, 1.807) is 7.11 Å². The predicted molar refractivity (Wildman–Crippen MR) is 73.2 cm³/mol. The van der Waals surface area contributed by atoms with E-state index in [0.29, 0.717) is 26.4 Å². The number of carbonyl (C=O) groups is 1. The average Bonchev–Trinajstić information content (AvgIpc) is 2.39. The molecular formula is C14H28O5. The molecule has 19 heavy (non-hydrogen) atoms. The second-order valence-electron chi connectivity index (χ2n) is 4.55. The third-order valence-electron chi connectivity index (χ3n) is 2.78. The number of rotatable bonds is 15. The second-order valence-corrected chi connectivity index (χ2v) is 4.55. The molecule has 0 fully saturated rings. The van der Waals surface area contributed by atoms with Crippen LogP contribution in [0, 0.1) is 0 Å². The first-order valence-electron chi connectivity index (χ1n) is 7.13. The minimum atomic E-state index is -0.690. The van der Waals surface area contributed by atoms with Gasteiger partial charge >= 0.3 is 5.97 Å². The maximum Gasteiger partial charge on any atom is 0.303 e. The first-order valence-corrected chi connectivity index (χ1v) is 7.13. The molecule has 1 N–H and O–H groups in total. The Labute approximate surface area is 116 Å². The minimum absolute atomic E-state index is 0.302. The molecule has 0 radical (unpaired) electrons. The molecular weight excluding hydrogens is 248 g/mol. The van der Waals surface area contributed by atoms with Gasteiger partial charge in [-0.25, -0.2) is 0 Å². The molecule has 0 bridgehead atoms. The van der Waals surface area contributed by atoms with Gasteiger partial charge in [0.05, 0.1) is 13.2 Å². The molecule has 5 heteroatoms. The van der Waals surface area contributed by atoms with E-state index in [0.717, 1.165) is 38.7 Å². The van der Waals surface area contributed by atoms with Crippen molar-refractivity contribution < 1.29 is 24.1 Å². The molecule has 0 aromatic heterocycles. The van der Waals surface area contributed by atoms with Crippen molar-refractivity contribution in [2.75, 3.05) is 33.7 Å². The van der Waals surface area contributed by atoms with Crippen LogP contribution in [0.15, 0.2) is 0 Å². The van der Waals surface area contributed by atoms with Gasteiger partial charge in [-0.3, -0.25) is 4.79 Å². The lowest BCUT2D eigenvalue weighted by molar-refractivity contribution is -0.137. The Morgan fingerprint density at radius 2 is 1.42 bits per heavy atom. The minimum Gasteiger partial charge on any atom is -0.481 e. The summed E-state index contributed by atoms with van der Waals surface area (Å²) in [5, 5.41) is 8.47. The average molecular weight is 276 g/mol. The van der Waals surface area contributed by atoms with Crippen molar-refractivity contribution in [1.29, 1.82) is 0 Å². The van der Waals surface area contributed by atoms with Crippen LogP contribution in [0.3, 0.4) is 0 Å². The van der Waals surface area contributed by atoms with Crippen molar-refractivity contribution in [1.82, 2.24) is 0 Å². The van der Waals surface area contributed by atoms with Gasteiger partial charge in [0.2, 0.25) is 0 Å². The normalized spacial score (nSPS) is 10.8. The Bertz CT molecular complexity index is 196. The molecule has 0 saturated carbocycles. The third-order valence-corrected chi connectivity index (χ3v) is 2.78. The fourth-order valence-electron chi connectivity index (χ4n) is 1.68. The lowest BCUT2D eigenvalue weighted by atomic mass is 10.1. The summed E-state index contributed by atoms with van der Waals surface area (Å²) in [6.07, 6.45) is 7.86. The van der Waals surface area contributed by atoms with Gasteiger partial charge in [0.25, 0.3) is 0 Å². The molecule has 0 amide bonds. The maximum absolute atomic E-state index is 10.3. The van der Waals surface area contributed by atoms with E-state index in [9.17, 15) is 4.79 Å². The largest absolute Gasteiger partial charge is 0.481 e. The van der Waals surface area contributed by atoms with Gasteiger partial charge in [-0.05, 0) is 12.8 Å². The number of carboxylic acids is 1. The molecule has 0 aliphatic rings. The zero-order valence-electron chi connectivity index (χ0n) is 12.1. The van der Waals surface area contributed by atoms with Gasteiger partial charge in [0.1, 0.15) is 6.79 Å². The molecule has 0 unspecified atom stereocenters. The van der Waals surface area contributed by atoms with E-state index >= 15 is 0 Å². The van der Waals surface area contributed by atoms with E-state index in [1.807, 2.05) is 0 Å². The number of unbranched alkanes of at least 4 members (excludes halogenated alkanes) is 6. The van der Waals surface area contributed by atoms with Crippen molar-refractivity contribution in [3.05, 3.63) is 0 Å². The van der Waals surface area contributed by atoms with Crippen molar-refractivity contribution in [2.45, 2.75) is 51.4 Å². The first kappa shape index (κ1) is 18.4. The highest BCUT2D eigenvalue weighted by Gasteiger charge is 1.96. The summed E-state index contributed by atoms with van der Waals surface area (Å²) in [4.78, 5) is 10.3. The fraction of sp³-hybridized carbons (Fsp3) is 0.929. The van der Waals surface area contributed by atoms with E-state index in [2.05, 4.69) is 0 Å². The van der Waals surface area contributed by atoms with Crippen LogP contribution in [0.1, 0.15) is 51.4 Å². The quantitative estimate of drug-likeness (QED) is 0.368. The molecule has 0 atom stereocenters. The topological polar surface area (TPSA) is 65.0 Å². The summed E-state index contributed by atoms with van der Waals surface area (Å²) >= 11 is 0. The summed E-state index contributed by atoms with van der Waals surface area (Å²) in [6, 6.07) is 0. The van der Waals surface area contributed by atoms with E-state index in [1.165, 1.54) is 12.8 Å². The van der Waals surface area contributed by atoms with Crippen LogP contribution in [-0.4, -0.2) is 44.8 Å². The van der Waals surface area contributed by atoms with Crippen molar-refractivity contribution >= 4 is 5.97 Å². The molecule has 0 rings (SSSR count). The lowest BCUT2D eigenvalue weighted by Gasteiger charge is -2.05. The summed E-state index contributed by atoms with van der Waals surface area (Å²) in [6.45, 7) is 2.27. The summed E-state index contributed by atoms with van der Waals surface area (Å²) in [7, 11) is 1.64. The fourth-order valence-corrected chi connectivity index (χ4v) is 1.68. The highest BCUT2D eigenvalue weighted by Crippen LogP contribution is 2.08. The first-order chi connectivity index (χ1) is 9.27. The van der Waals surface area contributed by atoms with Crippen LogP contribution in [-0.2, 0) is 19.0 Å². The number of hydrogen-bond donors (Lipinski definition) is 1. The molecule has 0 aromatic rings. The molecule has 0 spiro atoms. The zero-order chi connectivity index (χ0) is 14.2. The van der Waals surface area contributed by atoms with Gasteiger partial charge in [0.15, 0.2) is 0 Å². The van der Waals surface area contributed by atoms with E-state index < -0.39 is 5.97 Å². The number of carboxylic acid groups (broad SMARTS) is 1. The van der Waals surface area contributed by atoms with Gasteiger partial charge in [-0.2, -0.15) is 0 Å². The molecule has 0 saturated heterocycles. The third kappa shape index (κ3) is 17.4. The predicted octanol–water partition coefficient (Wildman–Crippen LogP) is 2.83. The van der Waals surface area contributed by atoms with Crippen LogP contribution in [0.25, 0.3) is 0 Å². The molecule has 0 aliphatic carbocycles. The number of ether oxygens (including phenoxy) is 3. The molecule has 5 nitrogen and oxygen atoms in total. The highest BCUT2D eigenvalue weighted by atomic mass is 16.7. The second kappa shape index (κ2) is 15.4. The van der Waals surface area contributed by atoms with Crippen molar-refractivity contribution in [3.8, 4) is 0 Å². The number of methoxy groups -OCH3 is 1. The highest BCUT2D eigenvalue weighted by molar-refractivity contribution is 5.66. The Hall–Kier alpha value is -0.650. The number of aliphatic carboxylic acids is 1. The number of hydrogen-bond acceptors (Lipinski definition) is 4. The molecule has 0 aliphatic heterocycles. The SMILES string of the molecule is COCCOCOCCCCCCCCCC(=O)O. The van der Waals surface area contributed by atoms with Crippen LogP contribution < -0.4 is 0 Å². The van der Waals surface area contributed by atoms with E-state index in [4.69, 9.17) is 19.3 Å². The Kier molecular flexibility index (Phi) is 14.9. The van der Waals surface area contributed by atoms with Gasteiger partial charge in [0, 0.05) is 20.1 Å². The molecule has 0 heterocycles. The lowest BCUT2D eigenvalue weighted by Crippen LogP contribution is -2.06. The Morgan fingerprint density at radius 1 is 0.842 bits per heavy atom. The Morgan fingerprint density at radius 3 is 2.05 bits per heavy atom. The van der Waals surface area contributed by atoms with Crippen molar-refractivity contribution in [3.63, 3.8) is 0 Å². The van der Waals surface area contributed by atoms with Gasteiger partial charge < -0.3 is 19.3 Å². The molecule has 114 valence electrons. The van der Waals surface area contributed by atoms with Crippen LogP contribution in [0.2, 0.25) is 0 Å². The van der Waals surface area contributed by atoms with Crippen molar-refractivity contribution in [2.24, 2.45) is 0 Å². The molecule has 0 aromatic carbocycles. The van der Waals surface area contributed by atoms with Crippen LogP contribution in [0.4, 0.5) is 0 Å². The smallest absolute Gasteiger partial charge is 0.303 e. The van der Waals surface area contributed by atoms with Gasteiger partial charge in [-0.1, -0.05) is 32.1 Å². The maximum atomic E-state index is 10.3. The Balaban J connectivity index is 2.93. The van der Waals surface area contributed by atoms with Gasteiger partial charge in [-0.15, -0.1) is 0 Å². The summed E-state index contributed by atoms with van der Waals surface area (Å²) < 4.78 is 15.3. The monoisotopic (exact) mass is 276 g/mol. The van der Waals surface area contributed by atoms with E-state index in [-0.39, 0.29) is 0 Å². The zero-order valence-corrected chi connectivity index (χ0v) is 12.1. The summed E-state index contributed by atoms with van der Waals surface area (Å²) in [5.41, 5.74) is 0. The standard InChI is InChI=1S/C14H28O5/c1-17-11-12-19-13-18-10-8-6-4-2-3-5-7-9-14(15)16/h2-13H2,1H3,(H,15,16). The van der Waals surface area contributed by atoms with Crippen LogP contribution in [0.5, 0.6) is 0 Å². The van der Waals surface area contributed by atoms with Crippen LogP contribution >= 0.6 is 0 Å².